The molecule has 0 saturated heterocycles. The quantitative estimate of drug-likeness (QED) is 0.745. The molecule has 3 rings (SSSR count). The third-order valence-electron chi connectivity index (χ3n) is 3.91. The molecule has 0 fully saturated rings. The first kappa shape index (κ1) is 16.9. The highest BCUT2D eigenvalue weighted by molar-refractivity contribution is 5.91. The van der Waals surface area contributed by atoms with E-state index in [1.54, 1.807) is 7.11 Å². The second kappa shape index (κ2) is 7.31. The predicted molar refractivity (Wildman–Crippen MR) is 90.5 cm³/mol. The van der Waals surface area contributed by atoms with Gasteiger partial charge in [-0.2, -0.15) is 0 Å². The van der Waals surface area contributed by atoms with Crippen LogP contribution in [0.5, 0.6) is 5.75 Å². The summed E-state index contributed by atoms with van der Waals surface area (Å²) < 4.78 is 11.5. The van der Waals surface area contributed by atoms with Gasteiger partial charge in [-0.15, -0.1) is 10.2 Å². The number of hydrogen-bond acceptors (Lipinski definition) is 7. The number of benzene rings is 1. The molecule has 1 N–H and O–H groups in total. The molecule has 0 aliphatic carbocycles. The van der Waals surface area contributed by atoms with E-state index >= 15 is 0 Å². The number of ether oxygens (including phenoxy) is 2. The number of anilines is 2. The summed E-state index contributed by atoms with van der Waals surface area (Å²) in [4.78, 5) is 26.5. The van der Waals surface area contributed by atoms with Crippen LogP contribution in [-0.2, 0) is 11.3 Å². The number of hydrogen-bond donors (Lipinski definition) is 1. The van der Waals surface area contributed by atoms with Gasteiger partial charge >= 0.3 is 0 Å². The van der Waals surface area contributed by atoms with Crippen molar-refractivity contribution in [3.63, 3.8) is 0 Å². The average Bonchev–Trinajstić information content (AvgIpc) is 3.07. The highest BCUT2D eigenvalue weighted by atomic mass is 16.5. The molecule has 0 spiro atoms. The maximum Gasteiger partial charge on any atom is 0.286 e. The van der Waals surface area contributed by atoms with Gasteiger partial charge < -0.3 is 19.7 Å². The van der Waals surface area contributed by atoms with Crippen molar-refractivity contribution in [1.82, 2.24) is 20.1 Å². The lowest BCUT2D eigenvalue weighted by atomic mass is 10.3. The van der Waals surface area contributed by atoms with Gasteiger partial charge in [0.2, 0.25) is 11.6 Å². The normalized spacial score (nSPS) is 12.8. The van der Waals surface area contributed by atoms with Crippen LogP contribution in [0.25, 0.3) is 0 Å². The van der Waals surface area contributed by atoms with Crippen LogP contribution in [0.1, 0.15) is 10.5 Å². The molecule has 9 nitrogen and oxygen atoms in total. The Labute approximate surface area is 144 Å². The number of nitrogens with zero attached hydrogens (tertiary/aromatic N) is 4. The maximum absolute atomic E-state index is 12.5. The van der Waals surface area contributed by atoms with Crippen LogP contribution in [0.2, 0.25) is 0 Å². The maximum atomic E-state index is 12.5. The Bertz CT molecular complexity index is 818. The standard InChI is InChI=1S/C16H19N5O4/c1-24-10-7-17-14(22)13-15(23)21-9-8-20(16(21)19-18-13)11-3-5-12(25-2)6-4-11/h3-6H,7-10H2,1-2H3,(H,17,22). The summed E-state index contributed by atoms with van der Waals surface area (Å²) in [5.74, 6) is 0.617. The number of rotatable bonds is 6. The lowest BCUT2D eigenvalue weighted by molar-refractivity contribution is 0.0928. The minimum absolute atomic E-state index is 0.212. The van der Waals surface area contributed by atoms with Gasteiger partial charge in [0.05, 0.1) is 13.7 Å². The number of amides is 1. The molecular weight excluding hydrogens is 326 g/mol. The van der Waals surface area contributed by atoms with Crippen molar-refractivity contribution in [3.8, 4) is 5.75 Å². The van der Waals surface area contributed by atoms with E-state index in [1.165, 1.54) is 11.7 Å². The Kier molecular flexibility index (Phi) is 4.94. The summed E-state index contributed by atoms with van der Waals surface area (Å²) in [6, 6.07) is 7.43. The smallest absolute Gasteiger partial charge is 0.286 e. The fourth-order valence-corrected chi connectivity index (χ4v) is 2.61. The summed E-state index contributed by atoms with van der Waals surface area (Å²) in [6.07, 6.45) is 0. The Hall–Kier alpha value is -2.94. The lowest BCUT2D eigenvalue weighted by Gasteiger charge is -2.17. The van der Waals surface area contributed by atoms with Crippen molar-refractivity contribution in [3.05, 3.63) is 40.3 Å². The molecule has 2 aromatic rings. The third-order valence-corrected chi connectivity index (χ3v) is 3.91. The Morgan fingerprint density at radius 1 is 1.20 bits per heavy atom. The van der Waals surface area contributed by atoms with Crippen molar-refractivity contribution in [2.24, 2.45) is 0 Å². The molecule has 0 atom stereocenters. The number of aromatic nitrogens is 3. The Balaban J connectivity index is 1.85. The summed E-state index contributed by atoms with van der Waals surface area (Å²) in [5, 5.41) is 10.5. The van der Waals surface area contributed by atoms with Crippen molar-refractivity contribution < 1.29 is 14.3 Å². The number of nitrogens with one attached hydrogen (secondary N) is 1. The highest BCUT2D eigenvalue weighted by Gasteiger charge is 2.27. The molecule has 0 radical (unpaired) electrons. The van der Waals surface area contributed by atoms with Crippen LogP contribution in [0.4, 0.5) is 11.6 Å². The zero-order valence-electron chi connectivity index (χ0n) is 14.1. The Morgan fingerprint density at radius 3 is 2.64 bits per heavy atom. The van der Waals surface area contributed by atoms with E-state index in [4.69, 9.17) is 9.47 Å². The Morgan fingerprint density at radius 2 is 1.96 bits per heavy atom. The van der Waals surface area contributed by atoms with Crippen molar-refractivity contribution >= 4 is 17.5 Å². The van der Waals surface area contributed by atoms with Crippen LogP contribution >= 0.6 is 0 Å². The van der Waals surface area contributed by atoms with Crippen molar-refractivity contribution in [2.45, 2.75) is 6.54 Å². The topological polar surface area (TPSA) is 98.6 Å². The number of carbonyl (C=O) groups is 1. The molecule has 0 saturated carbocycles. The molecular formula is C16H19N5O4. The fourth-order valence-electron chi connectivity index (χ4n) is 2.61. The van der Waals surface area contributed by atoms with E-state index in [0.717, 1.165) is 11.4 Å². The summed E-state index contributed by atoms with van der Waals surface area (Å²) in [5.41, 5.74) is 0.213. The van der Waals surface area contributed by atoms with Crippen molar-refractivity contribution in [1.29, 1.82) is 0 Å². The van der Waals surface area contributed by atoms with Crippen molar-refractivity contribution in [2.75, 3.05) is 38.8 Å². The van der Waals surface area contributed by atoms with Crippen LogP contribution in [-0.4, -0.2) is 54.6 Å². The second-order valence-corrected chi connectivity index (χ2v) is 5.40. The van der Waals surface area contributed by atoms with Gasteiger partial charge in [-0.3, -0.25) is 14.2 Å². The zero-order chi connectivity index (χ0) is 17.8. The van der Waals surface area contributed by atoms with Crippen LogP contribution in [0.3, 0.4) is 0 Å². The lowest BCUT2D eigenvalue weighted by Crippen LogP contribution is -2.36. The molecule has 132 valence electrons. The summed E-state index contributed by atoms with van der Waals surface area (Å²) in [6.45, 7) is 1.67. The first-order valence-electron chi connectivity index (χ1n) is 7.82. The van der Waals surface area contributed by atoms with Crippen LogP contribution < -0.4 is 20.5 Å². The zero-order valence-corrected chi connectivity index (χ0v) is 14.1. The second-order valence-electron chi connectivity index (χ2n) is 5.40. The van der Waals surface area contributed by atoms with Gasteiger partial charge in [-0.25, -0.2) is 0 Å². The van der Waals surface area contributed by atoms with E-state index in [2.05, 4.69) is 15.5 Å². The molecule has 2 heterocycles. The minimum Gasteiger partial charge on any atom is -0.497 e. The summed E-state index contributed by atoms with van der Waals surface area (Å²) >= 11 is 0. The average molecular weight is 345 g/mol. The first-order chi connectivity index (χ1) is 12.2. The summed E-state index contributed by atoms with van der Waals surface area (Å²) in [7, 11) is 3.13. The van der Waals surface area contributed by atoms with Gasteiger partial charge in [0.15, 0.2) is 0 Å². The van der Waals surface area contributed by atoms with E-state index in [9.17, 15) is 9.59 Å². The van der Waals surface area contributed by atoms with Gasteiger partial charge in [0, 0.05) is 32.4 Å². The third kappa shape index (κ3) is 3.31. The highest BCUT2D eigenvalue weighted by Crippen LogP contribution is 2.27. The van der Waals surface area contributed by atoms with Crippen LogP contribution in [0.15, 0.2) is 29.1 Å². The molecule has 9 heteroatoms. The van der Waals surface area contributed by atoms with E-state index in [1.807, 2.05) is 29.2 Å². The van der Waals surface area contributed by atoms with Gasteiger partial charge in [0.1, 0.15) is 5.75 Å². The number of fused-ring (bicyclic) bond motifs is 1. The van der Waals surface area contributed by atoms with Gasteiger partial charge in [0.25, 0.3) is 11.5 Å². The largest absolute Gasteiger partial charge is 0.497 e. The van der Waals surface area contributed by atoms with Gasteiger partial charge in [-0.05, 0) is 24.3 Å². The predicted octanol–water partition coefficient (Wildman–Crippen LogP) is 0.175. The first-order valence-corrected chi connectivity index (χ1v) is 7.82. The molecule has 1 aromatic heterocycles. The van der Waals surface area contributed by atoms with Crippen LogP contribution in [0, 0.1) is 0 Å². The molecule has 0 bridgehead atoms. The molecule has 1 aliphatic rings. The number of carbonyl (C=O) groups excluding carboxylic acids is 1. The minimum atomic E-state index is -0.548. The van der Waals surface area contributed by atoms with E-state index in [-0.39, 0.29) is 5.69 Å². The molecule has 25 heavy (non-hydrogen) atoms. The monoisotopic (exact) mass is 345 g/mol. The molecule has 1 amide bonds. The molecule has 0 unspecified atom stereocenters. The fraction of sp³-hybridized carbons (Fsp3) is 0.375. The molecule has 1 aliphatic heterocycles. The van der Waals surface area contributed by atoms with E-state index < -0.39 is 11.5 Å². The number of methoxy groups -OCH3 is 2. The van der Waals surface area contributed by atoms with Gasteiger partial charge in [-0.1, -0.05) is 0 Å². The SMILES string of the molecule is COCCNC(=O)c1nnc2n(c1=O)CCN2c1ccc(OC)cc1. The van der Waals surface area contributed by atoms with E-state index in [0.29, 0.717) is 32.2 Å². The molecule has 1 aromatic carbocycles.